The predicted molar refractivity (Wildman–Crippen MR) is 102 cm³/mol. The van der Waals surface area contributed by atoms with E-state index >= 15 is 0 Å². The molecule has 134 valence electrons. The summed E-state index contributed by atoms with van der Waals surface area (Å²) in [7, 11) is 0. The molecule has 1 amide bonds. The maximum Gasteiger partial charge on any atom is 0.222 e. The van der Waals surface area contributed by atoms with Gasteiger partial charge in [0.1, 0.15) is 0 Å². The fourth-order valence-electron chi connectivity index (χ4n) is 3.64. The molecule has 2 rings (SSSR count). The molecule has 1 aliphatic rings. The van der Waals surface area contributed by atoms with Gasteiger partial charge in [-0.3, -0.25) is 4.79 Å². The number of nitrogens with zero attached hydrogens (tertiary/aromatic N) is 1. The molecular weight excluding hydrogens is 294 g/mol. The maximum atomic E-state index is 12.0. The number of rotatable bonds is 4. The van der Waals surface area contributed by atoms with Crippen molar-refractivity contribution < 1.29 is 4.79 Å². The van der Waals surface area contributed by atoms with Gasteiger partial charge < -0.3 is 4.90 Å². The van der Waals surface area contributed by atoms with E-state index in [0.717, 1.165) is 32.4 Å². The Morgan fingerprint density at radius 2 is 1.62 bits per heavy atom. The lowest BCUT2D eigenvalue weighted by Crippen LogP contribution is -2.34. The number of carbonyl (C=O) groups excluding carboxylic acids is 1. The first-order chi connectivity index (χ1) is 11.1. The number of hydrogen-bond acceptors (Lipinski definition) is 1. The van der Waals surface area contributed by atoms with E-state index in [1.807, 2.05) is 4.90 Å². The minimum Gasteiger partial charge on any atom is -0.338 e. The van der Waals surface area contributed by atoms with Gasteiger partial charge in [0.05, 0.1) is 0 Å². The van der Waals surface area contributed by atoms with Crippen molar-refractivity contribution in [2.45, 2.75) is 79.7 Å². The van der Waals surface area contributed by atoms with Gasteiger partial charge in [-0.15, -0.1) is 0 Å². The first kappa shape index (κ1) is 19.0. The Morgan fingerprint density at radius 3 is 2.12 bits per heavy atom. The molecule has 1 aliphatic heterocycles. The fourth-order valence-corrected chi connectivity index (χ4v) is 3.64. The lowest BCUT2D eigenvalue weighted by Gasteiger charge is -2.36. The van der Waals surface area contributed by atoms with Crippen molar-refractivity contribution in [1.82, 2.24) is 4.90 Å². The Bertz CT molecular complexity index is 545. The van der Waals surface area contributed by atoms with Crippen molar-refractivity contribution in [2.24, 2.45) is 10.8 Å². The van der Waals surface area contributed by atoms with E-state index < -0.39 is 0 Å². The predicted octanol–water partition coefficient (Wildman–Crippen LogP) is 5.77. The quantitative estimate of drug-likeness (QED) is 0.687. The number of benzene rings is 1. The van der Waals surface area contributed by atoms with Crippen LogP contribution in [0.15, 0.2) is 24.3 Å². The van der Waals surface area contributed by atoms with Crippen LogP contribution in [0, 0.1) is 10.8 Å². The summed E-state index contributed by atoms with van der Waals surface area (Å²) >= 11 is 0. The minimum atomic E-state index is 0.248. The third-order valence-corrected chi connectivity index (χ3v) is 5.04. The van der Waals surface area contributed by atoms with Gasteiger partial charge in [-0.05, 0) is 47.1 Å². The highest BCUT2D eigenvalue weighted by atomic mass is 16.2. The monoisotopic (exact) mass is 329 g/mol. The molecule has 0 aliphatic carbocycles. The fraction of sp³-hybridized carbons (Fsp3) is 0.682. The van der Waals surface area contributed by atoms with E-state index in [1.165, 1.54) is 17.5 Å². The van der Waals surface area contributed by atoms with Crippen LogP contribution in [-0.2, 0) is 11.3 Å². The summed E-state index contributed by atoms with van der Waals surface area (Å²) in [6.45, 7) is 15.6. The zero-order valence-electron chi connectivity index (χ0n) is 16.5. The van der Waals surface area contributed by atoms with E-state index in [1.54, 1.807) is 0 Å². The topological polar surface area (TPSA) is 20.3 Å². The molecule has 1 heterocycles. The van der Waals surface area contributed by atoms with Crippen LogP contribution in [0.1, 0.15) is 84.3 Å². The molecule has 0 bridgehead atoms. The molecule has 0 aromatic heterocycles. The molecule has 1 aromatic rings. The number of piperidine rings is 1. The molecule has 1 fully saturated rings. The van der Waals surface area contributed by atoms with E-state index in [-0.39, 0.29) is 5.41 Å². The van der Waals surface area contributed by atoms with Crippen LogP contribution in [0.3, 0.4) is 0 Å². The van der Waals surface area contributed by atoms with Crippen LogP contribution in [0.25, 0.3) is 0 Å². The van der Waals surface area contributed by atoms with E-state index in [2.05, 4.69) is 65.8 Å². The average Bonchev–Trinajstić information content (AvgIpc) is 2.46. The van der Waals surface area contributed by atoms with Crippen LogP contribution >= 0.6 is 0 Å². The second-order valence-corrected chi connectivity index (χ2v) is 9.70. The van der Waals surface area contributed by atoms with Gasteiger partial charge in [-0.1, -0.05) is 65.8 Å². The molecule has 2 heteroatoms. The zero-order chi connectivity index (χ0) is 18.0. The zero-order valence-corrected chi connectivity index (χ0v) is 16.5. The summed E-state index contributed by atoms with van der Waals surface area (Å²) in [6.07, 6.45) is 4.09. The van der Waals surface area contributed by atoms with Gasteiger partial charge in [0.2, 0.25) is 5.91 Å². The highest BCUT2D eigenvalue weighted by Crippen LogP contribution is 2.43. The second-order valence-electron chi connectivity index (χ2n) is 9.70. The molecule has 1 saturated heterocycles. The van der Waals surface area contributed by atoms with Crippen molar-refractivity contribution in [3.8, 4) is 0 Å². The SMILES string of the molecule is CC(C)(C)CC(c1ccc(CN2CCCCC2=O)cc1)C(C)(C)C. The Morgan fingerprint density at radius 1 is 1.00 bits per heavy atom. The molecule has 0 saturated carbocycles. The third kappa shape index (κ3) is 5.36. The summed E-state index contributed by atoms with van der Waals surface area (Å²) in [6, 6.07) is 9.01. The Kier molecular flexibility index (Phi) is 5.78. The Labute approximate surface area is 148 Å². The summed E-state index contributed by atoms with van der Waals surface area (Å²) in [5.41, 5.74) is 3.23. The second kappa shape index (κ2) is 7.29. The average molecular weight is 330 g/mol. The summed E-state index contributed by atoms with van der Waals surface area (Å²) < 4.78 is 0. The molecule has 0 spiro atoms. The Balaban J connectivity index is 2.12. The largest absolute Gasteiger partial charge is 0.338 e. The van der Waals surface area contributed by atoms with E-state index in [4.69, 9.17) is 0 Å². The molecule has 1 aromatic carbocycles. The summed E-state index contributed by atoms with van der Waals surface area (Å²) in [5.74, 6) is 0.855. The van der Waals surface area contributed by atoms with Gasteiger partial charge >= 0.3 is 0 Å². The van der Waals surface area contributed by atoms with Crippen molar-refractivity contribution >= 4 is 5.91 Å². The highest BCUT2D eigenvalue weighted by molar-refractivity contribution is 5.76. The molecule has 0 radical (unpaired) electrons. The Hall–Kier alpha value is -1.31. The number of hydrogen-bond donors (Lipinski definition) is 0. The van der Waals surface area contributed by atoms with Crippen molar-refractivity contribution in [1.29, 1.82) is 0 Å². The number of likely N-dealkylation sites (tertiary alicyclic amines) is 1. The van der Waals surface area contributed by atoms with Crippen LogP contribution in [-0.4, -0.2) is 17.4 Å². The lowest BCUT2D eigenvalue weighted by molar-refractivity contribution is -0.133. The summed E-state index contributed by atoms with van der Waals surface area (Å²) in [5, 5.41) is 0. The molecule has 2 nitrogen and oxygen atoms in total. The van der Waals surface area contributed by atoms with Gasteiger partial charge in [-0.25, -0.2) is 0 Å². The first-order valence-corrected chi connectivity index (χ1v) is 9.43. The molecular formula is C22H35NO. The maximum absolute atomic E-state index is 12.0. The van der Waals surface area contributed by atoms with E-state index in [0.29, 0.717) is 17.2 Å². The standard InChI is InChI=1S/C22H35NO/c1-21(2,3)15-19(22(4,5)6)18-12-10-17(11-13-18)16-23-14-8-7-9-20(23)24/h10-13,19H,7-9,14-16H2,1-6H3. The van der Waals surface area contributed by atoms with Crippen LogP contribution < -0.4 is 0 Å². The molecule has 1 atom stereocenters. The van der Waals surface area contributed by atoms with Gasteiger partial charge in [0, 0.05) is 19.5 Å². The molecule has 0 N–H and O–H groups in total. The van der Waals surface area contributed by atoms with E-state index in [9.17, 15) is 4.79 Å². The van der Waals surface area contributed by atoms with Gasteiger partial charge in [-0.2, -0.15) is 0 Å². The lowest BCUT2D eigenvalue weighted by atomic mass is 9.69. The van der Waals surface area contributed by atoms with Gasteiger partial charge in [0.25, 0.3) is 0 Å². The molecule has 24 heavy (non-hydrogen) atoms. The van der Waals surface area contributed by atoms with Crippen molar-refractivity contribution in [3.05, 3.63) is 35.4 Å². The smallest absolute Gasteiger partial charge is 0.222 e. The number of amides is 1. The normalized spacial score (nSPS) is 17.9. The highest BCUT2D eigenvalue weighted by Gasteiger charge is 2.30. The van der Waals surface area contributed by atoms with Gasteiger partial charge in [0.15, 0.2) is 0 Å². The summed E-state index contributed by atoms with van der Waals surface area (Å²) in [4.78, 5) is 14.0. The van der Waals surface area contributed by atoms with Crippen molar-refractivity contribution in [2.75, 3.05) is 6.54 Å². The van der Waals surface area contributed by atoms with Crippen molar-refractivity contribution in [3.63, 3.8) is 0 Å². The third-order valence-electron chi connectivity index (χ3n) is 5.04. The van der Waals surface area contributed by atoms with Crippen LogP contribution in [0.4, 0.5) is 0 Å². The van der Waals surface area contributed by atoms with Crippen LogP contribution in [0.2, 0.25) is 0 Å². The molecule has 1 unspecified atom stereocenters. The van der Waals surface area contributed by atoms with Crippen LogP contribution in [0.5, 0.6) is 0 Å². The minimum absolute atomic E-state index is 0.248. The number of carbonyl (C=O) groups is 1. The first-order valence-electron chi connectivity index (χ1n) is 9.43.